The van der Waals surface area contributed by atoms with Gasteiger partial charge in [-0.1, -0.05) is 36.2 Å². The molecule has 0 unspecified atom stereocenters. The molecular weight excluding hydrogens is 320 g/mol. The quantitative estimate of drug-likeness (QED) is 0.782. The van der Waals surface area contributed by atoms with Crippen LogP contribution in [0.15, 0.2) is 42.6 Å². The van der Waals surface area contributed by atoms with Gasteiger partial charge in [0.15, 0.2) is 5.65 Å². The number of hydrogen-bond donors (Lipinski definition) is 1. The number of nitrogens with zero attached hydrogens (tertiary/aromatic N) is 3. The lowest BCUT2D eigenvalue weighted by Gasteiger charge is -2.41. The van der Waals surface area contributed by atoms with Gasteiger partial charge in [0.1, 0.15) is 5.82 Å². The van der Waals surface area contributed by atoms with Gasteiger partial charge in [0.25, 0.3) is 0 Å². The molecule has 0 aliphatic heterocycles. The van der Waals surface area contributed by atoms with E-state index in [0.717, 1.165) is 34.9 Å². The third kappa shape index (κ3) is 2.25. The average Bonchev–Trinajstić information content (AvgIpc) is 2.91. The molecule has 0 amide bonds. The van der Waals surface area contributed by atoms with E-state index in [9.17, 15) is 0 Å². The zero-order valence-electron chi connectivity index (χ0n) is 14.0. The van der Waals surface area contributed by atoms with Gasteiger partial charge in [0.05, 0.1) is 5.41 Å². The number of nitrogens with two attached hydrogens (primary N) is 1. The van der Waals surface area contributed by atoms with E-state index in [-0.39, 0.29) is 5.41 Å². The Hall–Kier alpha value is -1.91. The molecule has 0 radical (unpaired) electrons. The predicted octanol–water partition coefficient (Wildman–Crippen LogP) is 4.05. The summed E-state index contributed by atoms with van der Waals surface area (Å²) in [4.78, 5) is 0. The van der Waals surface area contributed by atoms with Crippen molar-refractivity contribution in [1.29, 1.82) is 0 Å². The van der Waals surface area contributed by atoms with Crippen LogP contribution < -0.4 is 5.73 Å². The summed E-state index contributed by atoms with van der Waals surface area (Å²) in [6.07, 6.45) is 5.38. The number of hydrogen-bond acceptors (Lipinski definition) is 3. The van der Waals surface area contributed by atoms with E-state index in [0.29, 0.717) is 0 Å². The molecule has 2 N–H and O–H groups in total. The summed E-state index contributed by atoms with van der Waals surface area (Å²) in [7, 11) is 0. The number of pyridine rings is 1. The summed E-state index contributed by atoms with van der Waals surface area (Å²) < 4.78 is 2.11. The van der Waals surface area contributed by atoms with Crippen LogP contribution in [0.1, 0.15) is 50.1 Å². The van der Waals surface area contributed by atoms with E-state index in [2.05, 4.69) is 26.7 Å². The number of benzene rings is 1. The van der Waals surface area contributed by atoms with E-state index in [1.165, 1.54) is 12.0 Å². The van der Waals surface area contributed by atoms with Gasteiger partial charge in [-0.2, -0.15) is 0 Å². The summed E-state index contributed by atoms with van der Waals surface area (Å²) in [5, 5.41) is 9.83. The van der Waals surface area contributed by atoms with Gasteiger partial charge in [-0.3, -0.25) is 4.40 Å². The molecule has 2 heterocycles. The number of halogens is 1. The SMILES string of the molecule is CC(C)(N)c1cccn2c(C3(c4ccc(Cl)cc4)CCC3)nnc12. The normalized spacial score (nSPS) is 17.0. The predicted molar refractivity (Wildman–Crippen MR) is 96.3 cm³/mol. The van der Waals surface area contributed by atoms with Crippen LogP contribution in [-0.4, -0.2) is 14.6 Å². The van der Waals surface area contributed by atoms with Gasteiger partial charge in [0.2, 0.25) is 0 Å². The van der Waals surface area contributed by atoms with Crippen molar-refractivity contribution in [2.75, 3.05) is 0 Å². The minimum Gasteiger partial charge on any atom is -0.322 e. The highest BCUT2D eigenvalue weighted by Crippen LogP contribution is 2.48. The molecule has 2 aromatic heterocycles. The highest BCUT2D eigenvalue weighted by atomic mass is 35.5. The van der Waals surface area contributed by atoms with Crippen LogP contribution in [0.3, 0.4) is 0 Å². The fourth-order valence-electron chi connectivity index (χ4n) is 3.69. The molecule has 24 heavy (non-hydrogen) atoms. The molecule has 0 spiro atoms. The molecule has 124 valence electrons. The van der Waals surface area contributed by atoms with Gasteiger partial charge in [-0.15, -0.1) is 10.2 Å². The maximum Gasteiger partial charge on any atom is 0.165 e. The molecule has 3 aromatic rings. The molecule has 1 aliphatic rings. The van der Waals surface area contributed by atoms with Gasteiger partial charge >= 0.3 is 0 Å². The summed E-state index contributed by atoms with van der Waals surface area (Å²) in [6, 6.07) is 12.2. The molecule has 1 fully saturated rings. The van der Waals surface area contributed by atoms with Gasteiger partial charge < -0.3 is 5.73 Å². The Morgan fingerprint density at radius 3 is 2.42 bits per heavy atom. The summed E-state index contributed by atoms with van der Waals surface area (Å²) in [5.74, 6) is 0.997. The Morgan fingerprint density at radius 1 is 1.12 bits per heavy atom. The van der Waals surface area contributed by atoms with Crippen LogP contribution in [0.2, 0.25) is 5.02 Å². The first-order chi connectivity index (χ1) is 11.4. The summed E-state index contributed by atoms with van der Waals surface area (Å²) in [5.41, 5.74) is 8.89. The second kappa shape index (κ2) is 5.30. The van der Waals surface area contributed by atoms with Gasteiger partial charge in [0, 0.05) is 22.3 Å². The summed E-state index contributed by atoms with van der Waals surface area (Å²) >= 11 is 6.07. The second-order valence-corrected chi connectivity index (χ2v) is 7.74. The summed E-state index contributed by atoms with van der Waals surface area (Å²) in [6.45, 7) is 3.99. The third-order valence-corrected chi connectivity index (χ3v) is 5.41. The van der Waals surface area contributed by atoms with Crippen LogP contribution >= 0.6 is 11.6 Å². The maximum atomic E-state index is 6.32. The zero-order valence-corrected chi connectivity index (χ0v) is 14.7. The van der Waals surface area contributed by atoms with Crippen molar-refractivity contribution in [1.82, 2.24) is 14.6 Å². The Kier molecular flexibility index (Phi) is 3.44. The maximum absolute atomic E-state index is 6.32. The minimum atomic E-state index is -0.458. The Balaban J connectivity index is 1.91. The van der Waals surface area contributed by atoms with Crippen molar-refractivity contribution in [3.8, 4) is 0 Å². The first-order valence-corrected chi connectivity index (χ1v) is 8.69. The van der Waals surface area contributed by atoms with Crippen molar-refractivity contribution < 1.29 is 0 Å². The van der Waals surface area contributed by atoms with Gasteiger partial charge in [-0.25, -0.2) is 0 Å². The molecule has 1 aliphatic carbocycles. The number of rotatable bonds is 3. The molecule has 1 aromatic carbocycles. The van der Waals surface area contributed by atoms with E-state index >= 15 is 0 Å². The molecule has 1 saturated carbocycles. The zero-order chi connectivity index (χ0) is 16.9. The lowest BCUT2D eigenvalue weighted by Crippen LogP contribution is -2.37. The van der Waals surface area contributed by atoms with E-state index < -0.39 is 5.54 Å². The van der Waals surface area contributed by atoms with Crippen molar-refractivity contribution in [3.05, 3.63) is 64.6 Å². The molecule has 4 nitrogen and oxygen atoms in total. The van der Waals surface area contributed by atoms with Crippen molar-refractivity contribution in [3.63, 3.8) is 0 Å². The standard InChI is InChI=1S/C19H21ClN4/c1-18(2,21)15-5-3-12-24-16(15)22-23-17(24)19(10-4-11-19)13-6-8-14(20)9-7-13/h3,5-9,12H,4,10-11,21H2,1-2H3. The number of aromatic nitrogens is 3. The van der Waals surface area contributed by atoms with Crippen molar-refractivity contribution in [2.45, 2.75) is 44.1 Å². The van der Waals surface area contributed by atoms with Crippen LogP contribution in [0.25, 0.3) is 5.65 Å². The van der Waals surface area contributed by atoms with E-state index in [1.54, 1.807) is 0 Å². The lowest BCUT2D eigenvalue weighted by atomic mass is 9.64. The van der Waals surface area contributed by atoms with Crippen LogP contribution in [0.5, 0.6) is 0 Å². The lowest BCUT2D eigenvalue weighted by molar-refractivity contribution is 0.283. The largest absolute Gasteiger partial charge is 0.322 e. The van der Waals surface area contributed by atoms with Crippen LogP contribution in [-0.2, 0) is 11.0 Å². The van der Waals surface area contributed by atoms with Gasteiger partial charge in [-0.05, 0) is 50.5 Å². The Bertz CT molecular complexity index is 886. The molecule has 5 heteroatoms. The fourth-order valence-corrected chi connectivity index (χ4v) is 3.81. The van der Waals surface area contributed by atoms with E-state index in [1.807, 2.05) is 44.3 Å². The number of fused-ring (bicyclic) bond motifs is 1. The van der Waals surface area contributed by atoms with Crippen molar-refractivity contribution >= 4 is 17.2 Å². The monoisotopic (exact) mass is 340 g/mol. The fraction of sp³-hybridized carbons (Fsp3) is 0.368. The van der Waals surface area contributed by atoms with Crippen LogP contribution in [0, 0.1) is 0 Å². The Labute approximate surface area is 146 Å². The molecule has 0 saturated heterocycles. The topological polar surface area (TPSA) is 56.2 Å². The molecular formula is C19H21ClN4. The first-order valence-electron chi connectivity index (χ1n) is 8.31. The second-order valence-electron chi connectivity index (χ2n) is 7.30. The highest BCUT2D eigenvalue weighted by molar-refractivity contribution is 6.30. The van der Waals surface area contributed by atoms with Crippen molar-refractivity contribution in [2.24, 2.45) is 5.73 Å². The molecule has 0 bridgehead atoms. The Morgan fingerprint density at radius 2 is 1.83 bits per heavy atom. The smallest absolute Gasteiger partial charge is 0.165 e. The average molecular weight is 341 g/mol. The van der Waals surface area contributed by atoms with E-state index in [4.69, 9.17) is 17.3 Å². The van der Waals surface area contributed by atoms with Crippen LogP contribution in [0.4, 0.5) is 0 Å². The third-order valence-electron chi connectivity index (χ3n) is 5.16. The first kappa shape index (κ1) is 15.6. The highest BCUT2D eigenvalue weighted by Gasteiger charge is 2.44. The molecule has 4 rings (SSSR count). The molecule has 0 atom stereocenters. The minimum absolute atomic E-state index is 0.0820.